The average molecular weight is 250 g/mol. The Kier molecular flexibility index (Phi) is 2.44. The highest BCUT2D eigenvalue weighted by atomic mass is 16.6. The fourth-order valence-corrected chi connectivity index (χ4v) is 4.47. The molecule has 3 aliphatic rings. The lowest BCUT2D eigenvalue weighted by Crippen LogP contribution is -2.46. The van der Waals surface area contributed by atoms with E-state index in [2.05, 4.69) is 20.4 Å². The zero-order valence-electron chi connectivity index (χ0n) is 11.2. The van der Waals surface area contributed by atoms with Gasteiger partial charge >= 0.3 is 5.97 Å². The zero-order chi connectivity index (χ0) is 13.1. The van der Waals surface area contributed by atoms with Crippen molar-refractivity contribution in [2.24, 2.45) is 17.3 Å². The lowest BCUT2D eigenvalue weighted by molar-refractivity contribution is -0.133. The second-order valence-electron chi connectivity index (χ2n) is 6.84. The molecule has 0 spiro atoms. The summed E-state index contributed by atoms with van der Waals surface area (Å²) in [6, 6.07) is 0. The molecular weight excluding hydrogens is 228 g/mol. The number of carboxylic acids is 1. The summed E-state index contributed by atoms with van der Waals surface area (Å²) in [5, 5.41) is 9.10. The van der Waals surface area contributed by atoms with Crippen molar-refractivity contribution >= 4 is 5.97 Å². The molecule has 0 aromatic rings. The van der Waals surface area contributed by atoms with Crippen LogP contribution in [0.25, 0.3) is 0 Å². The Labute approximate surface area is 108 Å². The Balaban J connectivity index is 1.82. The number of carboxylic acid groups (broad SMARTS) is 1. The van der Waals surface area contributed by atoms with Gasteiger partial charge in [-0.2, -0.15) is 0 Å². The van der Waals surface area contributed by atoms with E-state index in [-0.39, 0.29) is 11.5 Å². The SMILES string of the molecule is C=C(C(=O)O)C1CCC2(C)CCC3OC3(C)C2C1. The number of epoxide rings is 1. The molecule has 1 aliphatic heterocycles. The maximum Gasteiger partial charge on any atom is 0.331 e. The first-order valence-corrected chi connectivity index (χ1v) is 6.97. The number of ether oxygens (including phenoxy) is 1. The van der Waals surface area contributed by atoms with Crippen molar-refractivity contribution < 1.29 is 14.6 Å². The number of aliphatic carboxylic acids is 1. The van der Waals surface area contributed by atoms with Gasteiger partial charge in [0.25, 0.3) is 0 Å². The first-order chi connectivity index (χ1) is 8.37. The minimum atomic E-state index is -0.835. The Hall–Kier alpha value is -0.830. The van der Waals surface area contributed by atoms with Gasteiger partial charge in [0, 0.05) is 5.57 Å². The molecule has 0 aromatic heterocycles. The molecule has 2 aliphatic carbocycles. The van der Waals surface area contributed by atoms with Gasteiger partial charge in [0.1, 0.15) is 0 Å². The monoisotopic (exact) mass is 250 g/mol. The van der Waals surface area contributed by atoms with E-state index in [1.807, 2.05) is 0 Å². The summed E-state index contributed by atoms with van der Waals surface area (Å²) in [4.78, 5) is 11.1. The third-order valence-electron chi connectivity index (χ3n) is 5.84. The van der Waals surface area contributed by atoms with Gasteiger partial charge in [-0.05, 0) is 56.3 Å². The van der Waals surface area contributed by atoms with Crippen molar-refractivity contribution in [3.8, 4) is 0 Å². The smallest absolute Gasteiger partial charge is 0.331 e. The summed E-state index contributed by atoms with van der Waals surface area (Å²) >= 11 is 0. The predicted octanol–water partition coefficient (Wildman–Crippen LogP) is 3.00. The Morgan fingerprint density at radius 1 is 1.33 bits per heavy atom. The molecule has 3 fully saturated rings. The first kappa shape index (κ1) is 12.2. The predicted molar refractivity (Wildman–Crippen MR) is 68.2 cm³/mol. The molecule has 5 atom stereocenters. The van der Waals surface area contributed by atoms with Crippen LogP contribution in [0.5, 0.6) is 0 Å². The minimum Gasteiger partial charge on any atom is -0.478 e. The van der Waals surface area contributed by atoms with Gasteiger partial charge in [-0.3, -0.25) is 0 Å². The van der Waals surface area contributed by atoms with Crippen LogP contribution in [-0.4, -0.2) is 22.8 Å². The van der Waals surface area contributed by atoms with Crippen LogP contribution in [-0.2, 0) is 9.53 Å². The largest absolute Gasteiger partial charge is 0.478 e. The Morgan fingerprint density at radius 2 is 2.00 bits per heavy atom. The number of hydrogen-bond donors (Lipinski definition) is 1. The number of fused-ring (bicyclic) bond motifs is 3. The molecule has 1 saturated heterocycles. The molecule has 0 radical (unpaired) electrons. The summed E-state index contributed by atoms with van der Waals surface area (Å²) in [6.45, 7) is 8.33. The molecule has 3 heteroatoms. The highest BCUT2D eigenvalue weighted by Crippen LogP contribution is 2.63. The number of carbonyl (C=O) groups is 1. The van der Waals surface area contributed by atoms with E-state index in [9.17, 15) is 4.79 Å². The summed E-state index contributed by atoms with van der Waals surface area (Å²) in [5.41, 5.74) is 0.755. The first-order valence-electron chi connectivity index (χ1n) is 6.97. The molecule has 5 unspecified atom stereocenters. The van der Waals surface area contributed by atoms with Gasteiger partial charge in [0.2, 0.25) is 0 Å². The fraction of sp³-hybridized carbons (Fsp3) is 0.800. The normalized spacial score (nSPS) is 50.0. The average Bonchev–Trinajstić information content (AvgIpc) is 2.99. The fourth-order valence-electron chi connectivity index (χ4n) is 4.47. The molecule has 1 heterocycles. The van der Waals surface area contributed by atoms with Gasteiger partial charge in [0.15, 0.2) is 0 Å². The summed E-state index contributed by atoms with van der Waals surface area (Å²) < 4.78 is 5.91. The number of rotatable bonds is 2. The molecule has 0 bridgehead atoms. The number of hydrogen-bond acceptors (Lipinski definition) is 2. The molecule has 1 N–H and O–H groups in total. The van der Waals surface area contributed by atoms with Crippen molar-refractivity contribution in [1.82, 2.24) is 0 Å². The van der Waals surface area contributed by atoms with Crippen LogP contribution in [0.3, 0.4) is 0 Å². The van der Waals surface area contributed by atoms with E-state index >= 15 is 0 Å². The molecule has 100 valence electrons. The van der Waals surface area contributed by atoms with E-state index in [1.165, 1.54) is 12.8 Å². The molecule has 3 nitrogen and oxygen atoms in total. The van der Waals surface area contributed by atoms with Crippen molar-refractivity contribution in [2.75, 3.05) is 0 Å². The quantitative estimate of drug-likeness (QED) is 0.605. The molecular formula is C15H22O3. The van der Waals surface area contributed by atoms with Crippen LogP contribution < -0.4 is 0 Å². The lowest BCUT2D eigenvalue weighted by Gasteiger charge is -2.49. The second-order valence-corrected chi connectivity index (χ2v) is 6.84. The van der Waals surface area contributed by atoms with E-state index in [1.54, 1.807) is 0 Å². The van der Waals surface area contributed by atoms with E-state index in [4.69, 9.17) is 9.84 Å². The summed E-state index contributed by atoms with van der Waals surface area (Å²) in [6.07, 6.45) is 5.85. The van der Waals surface area contributed by atoms with Crippen LogP contribution in [0, 0.1) is 17.3 Å². The minimum absolute atomic E-state index is 0.0183. The van der Waals surface area contributed by atoms with Crippen LogP contribution >= 0.6 is 0 Å². The Bertz CT molecular complexity index is 416. The third-order valence-corrected chi connectivity index (χ3v) is 5.84. The van der Waals surface area contributed by atoms with Crippen molar-refractivity contribution in [1.29, 1.82) is 0 Å². The van der Waals surface area contributed by atoms with Crippen LogP contribution in [0.1, 0.15) is 46.0 Å². The second kappa shape index (κ2) is 3.60. The maximum atomic E-state index is 11.1. The zero-order valence-corrected chi connectivity index (χ0v) is 11.2. The van der Waals surface area contributed by atoms with Gasteiger partial charge in [-0.25, -0.2) is 4.79 Å². The molecule has 2 saturated carbocycles. The molecule has 18 heavy (non-hydrogen) atoms. The van der Waals surface area contributed by atoms with E-state index < -0.39 is 5.97 Å². The van der Waals surface area contributed by atoms with Crippen molar-refractivity contribution in [2.45, 2.75) is 57.7 Å². The topological polar surface area (TPSA) is 49.8 Å². The van der Waals surface area contributed by atoms with Crippen LogP contribution in [0.15, 0.2) is 12.2 Å². The van der Waals surface area contributed by atoms with Crippen molar-refractivity contribution in [3.63, 3.8) is 0 Å². The Morgan fingerprint density at radius 3 is 2.67 bits per heavy atom. The molecule has 3 rings (SSSR count). The van der Waals surface area contributed by atoms with E-state index in [0.717, 1.165) is 19.3 Å². The van der Waals surface area contributed by atoms with Gasteiger partial charge in [-0.1, -0.05) is 13.5 Å². The molecule has 0 aromatic carbocycles. The maximum absolute atomic E-state index is 11.1. The van der Waals surface area contributed by atoms with Crippen LogP contribution in [0.2, 0.25) is 0 Å². The van der Waals surface area contributed by atoms with Gasteiger partial charge in [0.05, 0.1) is 11.7 Å². The van der Waals surface area contributed by atoms with Gasteiger partial charge in [-0.15, -0.1) is 0 Å². The third kappa shape index (κ3) is 1.56. The van der Waals surface area contributed by atoms with Crippen molar-refractivity contribution in [3.05, 3.63) is 12.2 Å². The summed E-state index contributed by atoms with van der Waals surface area (Å²) in [5.74, 6) is -0.197. The molecule has 0 amide bonds. The van der Waals surface area contributed by atoms with Crippen LogP contribution in [0.4, 0.5) is 0 Å². The van der Waals surface area contributed by atoms with Gasteiger partial charge < -0.3 is 9.84 Å². The van der Waals surface area contributed by atoms with E-state index in [0.29, 0.717) is 23.0 Å². The highest BCUT2D eigenvalue weighted by molar-refractivity contribution is 5.86. The summed E-state index contributed by atoms with van der Waals surface area (Å²) in [7, 11) is 0. The standard InChI is InChI=1S/C15H22O3/c1-9(13(16)17)10-4-6-14(2)7-5-12-15(3,18-12)11(14)8-10/h10-12H,1,4-8H2,2-3H3,(H,16,17). The highest BCUT2D eigenvalue weighted by Gasteiger charge is 2.66. The lowest BCUT2D eigenvalue weighted by atomic mass is 9.54.